The van der Waals surface area contributed by atoms with E-state index in [4.69, 9.17) is 0 Å². The van der Waals surface area contributed by atoms with E-state index in [0.717, 1.165) is 10.9 Å². The minimum Gasteiger partial charge on any atom is -0.346 e. The maximum absolute atomic E-state index is 13.6. The second-order valence-corrected chi connectivity index (χ2v) is 6.98. The zero-order chi connectivity index (χ0) is 19.7. The van der Waals surface area contributed by atoms with E-state index in [-0.39, 0.29) is 23.6 Å². The molecule has 0 atom stereocenters. The molecule has 0 saturated heterocycles. The van der Waals surface area contributed by atoms with Gasteiger partial charge in [0.2, 0.25) is 0 Å². The average molecular weight is 402 g/mol. The van der Waals surface area contributed by atoms with Gasteiger partial charge in [0.25, 0.3) is 5.91 Å². The predicted octanol–water partition coefficient (Wildman–Crippen LogP) is 4.41. The van der Waals surface area contributed by atoms with E-state index in [1.165, 1.54) is 17.4 Å². The van der Waals surface area contributed by atoms with Gasteiger partial charge in [-0.1, -0.05) is 36.4 Å². The number of benzene rings is 1. The number of nitrogens with zero attached hydrogens (tertiary/aromatic N) is 3. The first-order valence-corrected chi connectivity index (χ1v) is 9.14. The van der Waals surface area contributed by atoms with Gasteiger partial charge >= 0.3 is 6.18 Å². The van der Waals surface area contributed by atoms with Crippen LogP contribution in [0.15, 0.2) is 60.0 Å². The molecule has 0 radical (unpaired) electrons. The molecule has 3 heterocycles. The number of aromatic nitrogens is 3. The molecule has 4 rings (SSSR count). The molecule has 0 aliphatic rings. The van der Waals surface area contributed by atoms with Crippen molar-refractivity contribution in [2.24, 2.45) is 0 Å². The second-order valence-electron chi connectivity index (χ2n) is 5.95. The van der Waals surface area contributed by atoms with Crippen LogP contribution in [0.25, 0.3) is 16.9 Å². The lowest BCUT2D eigenvalue weighted by Crippen LogP contribution is -2.23. The van der Waals surface area contributed by atoms with Crippen LogP contribution in [0.2, 0.25) is 0 Å². The Morgan fingerprint density at radius 2 is 1.89 bits per heavy atom. The molecule has 28 heavy (non-hydrogen) atoms. The van der Waals surface area contributed by atoms with Crippen LogP contribution in [0.3, 0.4) is 0 Å². The lowest BCUT2D eigenvalue weighted by Gasteiger charge is -2.10. The maximum Gasteiger partial charge on any atom is 0.433 e. The van der Waals surface area contributed by atoms with Crippen molar-refractivity contribution in [1.29, 1.82) is 0 Å². The quantitative estimate of drug-likeness (QED) is 0.550. The summed E-state index contributed by atoms with van der Waals surface area (Å²) in [6, 6.07) is 14.4. The Hall–Kier alpha value is -3.20. The SMILES string of the molecule is O=C(NCc1cccs1)c1cc2nc(-c3ccccc3)cc(C(F)(F)F)n2n1. The number of hydrogen-bond donors (Lipinski definition) is 1. The van der Waals surface area contributed by atoms with Crippen molar-refractivity contribution in [2.75, 3.05) is 0 Å². The van der Waals surface area contributed by atoms with Crippen LogP contribution in [-0.2, 0) is 12.7 Å². The summed E-state index contributed by atoms with van der Waals surface area (Å²) in [6.45, 7) is 0.277. The van der Waals surface area contributed by atoms with Crippen molar-refractivity contribution < 1.29 is 18.0 Å². The highest BCUT2D eigenvalue weighted by molar-refractivity contribution is 7.09. The summed E-state index contributed by atoms with van der Waals surface area (Å²) in [5.41, 5.74) is -0.463. The third-order valence-corrected chi connectivity index (χ3v) is 4.90. The number of fused-ring (bicyclic) bond motifs is 1. The van der Waals surface area contributed by atoms with Crippen LogP contribution in [0.1, 0.15) is 21.1 Å². The molecule has 0 aliphatic heterocycles. The lowest BCUT2D eigenvalue weighted by atomic mass is 10.1. The number of rotatable bonds is 4. The van der Waals surface area contributed by atoms with E-state index in [9.17, 15) is 18.0 Å². The fraction of sp³-hybridized carbons (Fsp3) is 0.105. The van der Waals surface area contributed by atoms with Crippen LogP contribution in [0.5, 0.6) is 0 Å². The molecule has 1 amide bonds. The van der Waals surface area contributed by atoms with Crippen molar-refractivity contribution in [1.82, 2.24) is 19.9 Å². The molecule has 4 aromatic rings. The summed E-state index contributed by atoms with van der Waals surface area (Å²) in [5, 5.41) is 8.36. The van der Waals surface area contributed by atoms with Gasteiger partial charge in [-0.15, -0.1) is 11.3 Å². The highest BCUT2D eigenvalue weighted by Crippen LogP contribution is 2.32. The number of amides is 1. The summed E-state index contributed by atoms with van der Waals surface area (Å²) in [4.78, 5) is 17.5. The number of carbonyl (C=O) groups is 1. The highest BCUT2D eigenvalue weighted by Gasteiger charge is 2.35. The molecule has 9 heteroatoms. The van der Waals surface area contributed by atoms with Crippen molar-refractivity contribution in [3.8, 4) is 11.3 Å². The lowest BCUT2D eigenvalue weighted by molar-refractivity contribution is -0.142. The molecule has 1 aromatic carbocycles. The van der Waals surface area contributed by atoms with Gasteiger partial charge in [-0.25, -0.2) is 9.50 Å². The normalized spacial score (nSPS) is 11.7. The predicted molar refractivity (Wildman–Crippen MR) is 98.9 cm³/mol. The largest absolute Gasteiger partial charge is 0.433 e. The number of halogens is 3. The first kappa shape index (κ1) is 18.2. The van der Waals surface area contributed by atoms with Gasteiger partial charge in [-0.2, -0.15) is 18.3 Å². The van der Waals surface area contributed by atoms with E-state index in [2.05, 4.69) is 15.4 Å². The molecule has 0 aliphatic carbocycles. The van der Waals surface area contributed by atoms with E-state index < -0.39 is 17.8 Å². The van der Waals surface area contributed by atoms with Crippen LogP contribution in [0, 0.1) is 0 Å². The Bertz CT molecular complexity index is 1120. The zero-order valence-electron chi connectivity index (χ0n) is 14.3. The van der Waals surface area contributed by atoms with Crippen molar-refractivity contribution in [3.63, 3.8) is 0 Å². The minimum atomic E-state index is -4.65. The molecule has 0 unspecified atom stereocenters. The topological polar surface area (TPSA) is 59.3 Å². The van der Waals surface area contributed by atoms with E-state index in [1.54, 1.807) is 30.3 Å². The average Bonchev–Trinajstić information content (AvgIpc) is 3.34. The Morgan fingerprint density at radius 3 is 2.57 bits per heavy atom. The Morgan fingerprint density at radius 1 is 1.11 bits per heavy atom. The zero-order valence-corrected chi connectivity index (χ0v) is 15.1. The number of thiophene rings is 1. The Kier molecular flexibility index (Phi) is 4.60. The summed E-state index contributed by atoms with van der Waals surface area (Å²) in [7, 11) is 0. The summed E-state index contributed by atoms with van der Waals surface area (Å²) >= 11 is 1.47. The summed E-state index contributed by atoms with van der Waals surface area (Å²) in [6.07, 6.45) is -4.65. The second kappa shape index (κ2) is 7.08. The Balaban J connectivity index is 1.74. The van der Waals surface area contributed by atoms with Crippen LogP contribution in [-0.4, -0.2) is 20.5 Å². The van der Waals surface area contributed by atoms with Crippen LogP contribution >= 0.6 is 11.3 Å². The molecular formula is C19H13F3N4OS. The fourth-order valence-electron chi connectivity index (χ4n) is 2.72. The fourth-order valence-corrected chi connectivity index (χ4v) is 3.36. The van der Waals surface area contributed by atoms with Crippen molar-refractivity contribution in [2.45, 2.75) is 12.7 Å². The number of nitrogens with one attached hydrogen (secondary N) is 1. The molecule has 0 spiro atoms. The first-order valence-electron chi connectivity index (χ1n) is 8.26. The number of hydrogen-bond acceptors (Lipinski definition) is 4. The molecule has 1 N–H and O–H groups in total. The third-order valence-electron chi connectivity index (χ3n) is 4.02. The standard InChI is InChI=1S/C19H13F3N4OS/c20-19(21,22)16-9-14(12-5-2-1-3-6-12)24-17-10-15(25-26(16)17)18(27)23-11-13-7-4-8-28-13/h1-10H,11H2,(H,23,27). The van der Waals surface area contributed by atoms with Gasteiger partial charge < -0.3 is 5.32 Å². The molecule has 0 saturated carbocycles. The van der Waals surface area contributed by atoms with E-state index in [0.29, 0.717) is 10.1 Å². The van der Waals surface area contributed by atoms with Crippen molar-refractivity contribution in [3.05, 3.63) is 76.2 Å². The number of alkyl halides is 3. The van der Waals surface area contributed by atoms with Gasteiger partial charge in [-0.05, 0) is 17.5 Å². The van der Waals surface area contributed by atoms with Gasteiger partial charge in [-0.3, -0.25) is 4.79 Å². The van der Waals surface area contributed by atoms with Gasteiger partial charge in [0, 0.05) is 16.5 Å². The number of carbonyl (C=O) groups excluding carboxylic acids is 1. The summed E-state index contributed by atoms with van der Waals surface area (Å²) in [5.74, 6) is -0.562. The first-order chi connectivity index (χ1) is 13.4. The molecule has 142 valence electrons. The molecule has 5 nitrogen and oxygen atoms in total. The molecule has 3 aromatic heterocycles. The highest BCUT2D eigenvalue weighted by atomic mass is 32.1. The molecule has 0 fully saturated rings. The van der Waals surface area contributed by atoms with Crippen LogP contribution < -0.4 is 5.32 Å². The maximum atomic E-state index is 13.6. The molecular weight excluding hydrogens is 389 g/mol. The Labute approximate surface area is 161 Å². The monoisotopic (exact) mass is 402 g/mol. The van der Waals surface area contributed by atoms with Gasteiger partial charge in [0.1, 0.15) is 0 Å². The van der Waals surface area contributed by atoms with Crippen molar-refractivity contribution >= 4 is 22.9 Å². The molecule has 0 bridgehead atoms. The van der Waals surface area contributed by atoms with E-state index >= 15 is 0 Å². The summed E-state index contributed by atoms with van der Waals surface area (Å²) < 4.78 is 41.4. The van der Waals surface area contributed by atoms with Crippen LogP contribution in [0.4, 0.5) is 13.2 Å². The van der Waals surface area contributed by atoms with E-state index in [1.807, 2.05) is 17.5 Å². The van der Waals surface area contributed by atoms with Gasteiger partial charge in [0.15, 0.2) is 17.0 Å². The minimum absolute atomic E-state index is 0.0463. The third kappa shape index (κ3) is 3.61. The smallest absolute Gasteiger partial charge is 0.346 e. The van der Waals surface area contributed by atoms with Gasteiger partial charge in [0.05, 0.1) is 12.2 Å².